The second-order valence-electron chi connectivity index (χ2n) is 5.23. The van der Waals surface area contributed by atoms with Crippen molar-refractivity contribution in [2.75, 3.05) is 13.1 Å². The average Bonchev–Trinajstić information content (AvgIpc) is 2.41. The van der Waals surface area contributed by atoms with Gasteiger partial charge in [-0.15, -0.1) is 0 Å². The van der Waals surface area contributed by atoms with Crippen molar-refractivity contribution in [3.05, 3.63) is 26.9 Å². The number of halogens is 2. The Balaban J connectivity index is 1.80. The summed E-state index contributed by atoms with van der Waals surface area (Å²) in [5.41, 5.74) is 1.05. The van der Waals surface area contributed by atoms with Crippen molar-refractivity contribution >= 4 is 37.8 Å². The van der Waals surface area contributed by atoms with E-state index in [1.54, 1.807) is 0 Å². The highest BCUT2D eigenvalue weighted by atomic mass is 79.9. The summed E-state index contributed by atoms with van der Waals surface area (Å²) >= 11 is 6.95. The van der Waals surface area contributed by atoms with Gasteiger partial charge in [0, 0.05) is 28.1 Å². The number of nitrogens with zero attached hydrogens (tertiary/aromatic N) is 2. The van der Waals surface area contributed by atoms with Crippen LogP contribution >= 0.6 is 31.9 Å². The number of likely N-dealkylation sites (tertiary alicyclic amines) is 1. The van der Waals surface area contributed by atoms with Crippen LogP contribution in [0.4, 0.5) is 0 Å². The van der Waals surface area contributed by atoms with Crippen LogP contribution in [-0.2, 0) is 11.3 Å². The molecule has 0 aromatic carbocycles. The Hall–Kier alpha value is -0.460. The van der Waals surface area contributed by atoms with E-state index in [4.69, 9.17) is 5.11 Å². The van der Waals surface area contributed by atoms with Crippen LogP contribution in [-0.4, -0.2) is 34.0 Å². The summed E-state index contributed by atoms with van der Waals surface area (Å²) in [6.45, 7) is 2.89. The molecule has 0 atom stereocenters. The van der Waals surface area contributed by atoms with Crippen molar-refractivity contribution in [3.8, 4) is 0 Å². The number of aromatic nitrogens is 1. The largest absolute Gasteiger partial charge is 0.481 e. The first-order chi connectivity index (χ1) is 9.54. The summed E-state index contributed by atoms with van der Waals surface area (Å²) in [6.07, 6.45) is 5.09. The van der Waals surface area contributed by atoms with Crippen LogP contribution in [0.25, 0.3) is 0 Å². The minimum atomic E-state index is -0.685. The van der Waals surface area contributed by atoms with Crippen LogP contribution in [0.5, 0.6) is 0 Å². The third-order valence-electron chi connectivity index (χ3n) is 3.73. The molecule has 0 saturated carbocycles. The predicted octanol–water partition coefficient (Wildman–Crippen LogP) is 3.68. The smallest absolute Gasteiger partial charge is 0.303 e. The number of rotatable bonds is 5. The Morgan fingerprint density at radius 3 is 2.70 bits per heavy atom. The topological polar surface area (TPSA) is 53.4 Å². The van der Waals surface area contributed by atoms with E-state index >= 15 is 0 Å². The van der Waals surface area contributed by atoms with E-state index < -0.39 is 5.97 Å². The third-order valence-corrected chi connectivity index (χ3v) is 4.85. The first-order valence-corrected chi connectivity index (χ1v) is 8.37. The molecule has 0 radical (unpaired) electrons. The molecule has 1 N–H and O–H groups in total. The summed E-state index contributed by atoms with van der Waals surface area (Å²) in [7, 11) is 0. The van der Waals surface area contributed by atoms with Crippen molar-refractivity contribution in [2.45, 2.75) is 32.2 Å². The molecule has 1 aliphatic rings. The summed E-state index contributed by atoms with van der Waals surface area (Å²) < 4.78 is 2.00. The van der Waals surface area contributed by atoms with E-state index in [1.165, 1.54) is 0 Å². The molecule has 1 aromatic rings. The van der Waals surface area contributed by atoms with Gasteiger partial charge in [0.05, 0.1) is 5.69 Å². The van der Waals surface area contributed by atoms with Gasteiger partial charge in [-0.3, -0.25) is 14.7 Å². The summed E-state index contributed by atoms with van der Waals surface area (Å²) in [4.78, 5) is 17.4. The molecule has 4 nitrogen and oxygen atoms in total. The summed E-state index contributed by atoms with van der Waals surface area (Å²) in [6, 6.07) is 2.02. The van der Waals surface area contributed by atoms with Gasteiger partial charge in [-0.05, 0) is 76.2 Å². The summed E-state index contributed by atoms with van der Waals surface area (Å²) in [5, 5.41) is 8.72. The highest BCUT2D eigenvalue weighted by molar-refractivity contribution is 9.11. The van der Waals surface area contributed by atoms with Gasteiger partial charge in [0.25, 0.3) is 0 Å². The zero-order chi connectivity index (χ0) is 14.5. The number of carbonyl (C=O) groups is 1. The highest BCUT2D eigenvalue weighted by Gasteiger charge is 2.20. The maximum atomic E-state index is 10.6. The van der Waals surface area contributed by atoms with Crippen LogP contribution < -0.4 is 0 Å². The zero-order valence-electron chi connectivity index (χ0n) is 11.2. The lowest BCUT2D eigenvalue weighted by atomic mass is 9.92. The van der Waals surface area contributed by atoms with Gasteiger partial charge in [-0.1, -0.05) is 0 Å². The SMILES string of the molecule is O=C(O)CCC1CCN(Cc2ncc(Br)cc2Br)CC1. The summed E-state index contributed by atoms with van der Waals surface area (Å²) in [5.74, 6) is -0.126. The van der Waals surface area contributed by atoms with Gasteiger partial charge in [-0.25, -0.2) is 0 Å². The molecule has 0 spiro atoms. The van der Waals surface area contributed by atoms with Gasteiger partial charge >= 0.3 is 5.97 Å². The van der Waals surface area contributed by atoms with Crippen LogP contribution in [0.3, 0.4) is 0 Å². The molecule has 110 valence electrons. The maximum Gasteiger partial charge on any atom is 0.303 e. The molecular weight excluding hydrogens is 388 g/mol. The van der Waals surface area contributed by atoms with E-state index in [2.05, 4.69) is 41.7 Å². The standard InChI is InChI=1S/C14H18Br2N2O2/c15-11-7-12(16)13(17-8-11)9-18-5-3-10(4-6-18)1-2-14(19)20/h7-8,10H,1-6,9H2,(H,19,20). The number of carboxylic acid groups (broad SMARTS) is 1. The monoisotopic (exact) mass is 404 g/mol. The number of piperidine rings is 1. The van der Waals surface area contributed by atoms with E-state index in [1.807, 2.05) is 12.3 Å². The molecule has 2 heterocycles. The molecule has 2 rings (SSSR count). The lowest BCUT2D eigenvalue weighted by Gasteiger charge is -2.31. The number of carboxylic acids is 1. The quantitative estimate of drug-likeness (QED) is 0.811. The number of pyridine rings is 1. The Bertz CT molecular complexity index is 474. The van der Waals surface area contributed by atoms with Crippen molar-refractivity contribution in [1.82, 2.24) is 9.88 Å². The fraction of sp³-hybridized carbons (Fsp3) is 0.571. The molecule has 1 fully saturated rings. The van der Waals surface area contributed by atoms with E-state index in [0.717, 1.165) is 53.5 Å². The molecule has 0 bridgehead atoms. The molecule has 0 aliphatic carbocycles. The van der Waals surface area contributed by atoms with Gasteiger partial charge in [-0.2, -0.15) is 0 Å². The maximum absolute atomic E-state index is 10.6. The molecule has 1 aromatic heterocycles. The van der Waals surface area contributed by atoms with E-state index in [9.17, 15) is 4.79 Å². The zero-order valence-corrected chi connectivity index (χ0v) is 14.4. The van der Waals surface area contributed by atoms with Gasteiger partial charge in [0.2, 0.25) is 0 Å². The lowest BCUT2D eigenvalue weighted by Crippen LogP contribution is -2.33. The van der Waals surface area contributed by atoms with Crippen molar-refractivity contribution in [3.63, 3.8) is 0 Å². The fourth-order valence-corrected chi connectivity index (χ4v) is 3.64. The molecule has 1 saturated heterocycles. The van der Waals surface area contributed by atoms with Crippen molar-refractivity contribution in [1.29, 1.82) is 0 Å². The van der Waals surface area contributed by atoms with Gasteiger partial charge in [0.15, 0.2) is 0 Å². The van der Waals surface area contributed by atoms with Crippen LogP contribution in [0.2, 0.25) is 0 Å². The van der Waals surface area contributed by atoms with E-state index in [0.29, 0.717) is 12.3 Å². The molecule has 0 amide bonds. The third kappa shape index (κ3) is 4.82. The molecule has 20 heavy (non-hydrogen) atoms. The molecular formula is C14H18Br2N2O2. The Labute approximate surface area is 135 Å². The Kier molecular flexibility index (Phi) is 5.99. The Morgan fingerprint density at radius 1 is 1.40 bits per heavy atom. The number of aliphatic carboxylic acids is 1. The second-order valence-corrected chi connectivity index (χ2v) is 7.00. The van der Waals surface area contributed by atoms with Crippen molar-refractivity contribution < 1.29 is 9.90 Å². The number of hydrogen-bond acceptors (Lipinski definition) is 3. The predicted molar refractivity (Wildman–Crippen MR) is 84.5 cm³/mol. The second kappa shape index (κ2) is 7.52. The van der Waals surface area contributed by atoms with Gasteiger partial charge in [0.1, 0.15) is 0 Å². The average molecular weight is 406 g/mol. The van der Waals surface area contributed by atoms with Crippen LogP contribution in [0.15, 0.2) is 21.2 Å². The normalized spacial score (nSPS) is 17.3. The molecule has 0 unspecified atom stereocenters. The van der Waals surface area contributed by atoms with Crippen LogP contribution in [0.1, 0.15) is 31.4 Å². The van der Waals surface area contributed by atoms with Crippen LogP contribution in [0, 0.1) is 5.92 Å². The lowest BCUT2D eigenvalue weighted by molar-refractivity contribution is -0.137. The minimum absolute atomic E-state index is 0.296. The van der Waals surface area contributed by atoms with Crippen molar-refractivity contribution in [2.24, 2.45) is 5.92 Å². The minimum Gasteiger partial charge on any atom is -0.481 e. The first-order valence-electron chi connectivity index (χ1n) is 6.78. The molecule has 6 heteroatoms. The number of hydrogen-bond donors (Lipinski definition) is 1. The van der Waals surface area contributed by atoms with Gasteiger partial charge < -0.3 is 5.11 Å². The first kappa shape index (κ1) is 15.9. The highest BCUT2D eigenvalue weighted by Crippen LogP contribution is 2.25. The molecule has 1 aliphatic heterocycles. The Morgan fingerprint density at radius 2 is 2.10 bits per heavy atom. The fourth-order valence-electron chi connectivity index (χ4n) is 2.53. The van der Waals surface area contributed by atoms with E-state index in [-0.39, 0.29) is 0 Å².